The maximum atomic E-state index is 11.4. The molecule has 0 spiro atoms. The molecule has 6 nitrogen and oxygen atoms in total. The van der Waals surface area contributed by atoms with E-state index in [-0.39, 0.29) is 29.5 Å². The molecule has 3 N–H and O–H groups in total. The molecule has 4 aliphatic carbocycles. The summed E-state index contributed by atoms with van der Waals surface area (Å²) in [6, 6.07) is 0. The van der Waals surface area contributed by atoms with Gasteiger partial charge in [-0.25, -0.2) is 4.18 Å². The Morgan fingerprint density at radius 2 is 1.71 bits per heavy atom. The summed E-state index contributed by atoms with van der Waals surface area (Å²) in [7, 11) is -4.44. The highest BCUT2D eigenvalue weighted by molar-refractivity contribution is 7.80. The van der Waals surface area contributed by atoms with Crippen molar-refractivity contribution in [1.82, 2.24) is 0 Å². The Hall–Kier alpha value is -0.210. The van der Waals surface area contributed by atoms with Crippen LogP contribution in [0.25, 0.3) is 0 Å². The maximum absolute atomic E-state index is 11.4. The van der Waals surface area contributed by atoms with E-state index in [1.807, 2.05) is 0 Å². The summed E-state index contributed by atoms with van der Waals surface area (Å²) in [6.45, 7) is 7.46. The molecule has 0 aromatic heterocycles. The van der Waals surface area contributed by atoms with Crippen LogP contribution in [-0.2, 0) is 14.6 Å². The molecule has 0 aromatic carbocycles. The van der Waals surface area contributed by atoms with Crippen LogP contribution in [0.1, 0.15) is 85.0 Å². The van der Waals surface area contributed by atoms with E-state index in [0.717, 1.165) is 25.7 Å². The first kappa shape index (κ1) is 23.9. The molecular weight excluding hydrogens is 416 g/mol. The molecule has 0 heterocycles. The quantitative estimate of drug-likeness (QED) is 0.515. The van der Waals surface area contributed by atoms with Crippen molar-refractivity contribution in [3.8, 4) is 0 Å². The minimum atomic E-state index is -4.44. The second-order valence-corrected chi connectivity index (χ2v) is 12.8. The maximum Gasteiger partial charge on any atom is 0.397 e. The second-order valence-electron chi connectivity index (χ2n) is 11.8. The number of aliphatic hydroxyl groups excluding tert-OH is 2. The van der Waals surface area contributed by atoms with Crippen molar-refractivity contribution >= 4 is 10.4 Å². The molecule has 0 aliphatic heterocycles. The molecule has 4 fully saturated rings. The first-order valence-corrected chi connectivity index (χ1v) is 13.8. The lowest BCUT2D eigenvalue weighted by atomic mass is 9.43. The van der Waals surface area contributed by atoms with Crippen molar-refractivity contribution in [2.75, 3.05) is 6.61 Å². The largest absolute Gasteiger partial charge is 0.397 e. The molecular formula is C24H42O6S. The van der Waals surface area contributed by atoms with Crippen LogP contribution in [0, 0.1) is 46.3 Å². The SMILES string of the molecule is C[C@H](CCCO)[C@H]1CC[C@H]2[C@@H]3[C@@H](O)C[C@@H]4C[C@H](OS(=O)(=O)O)CC[C@]4(C)[C@H]3CC[C@]12C. The summed E-state index contributed by atoms with van der Waals surface area (Å²) in [6.07, 6.45) is 8.74. The number of hydrogen-bond donors (Lipinski definition) is 3. The third-order valence-electron chi connectivity index (χ3n) is 10.5. The van der Waals surface area contributed by atoms with Gasteiger partial charge in [-0.15, -0.1) is 0 Å². The number of aliphatic hydroxyl groups is 2. The Balaban J connectivity index is 1.52. The van der Waals surface area contributed by atoms with E-state index in [1.54, 1.807) is 0 Å². The van der Waals surface area contributed by atoms with Gasteiger partial charge in [0.2, 0.25) is 0 Å². The fourth-order valence-corrected chi connectivity index (χ4v) is 9.55. The van der Waals surface area contributed by atoms with Crippen molar-refractivity contribution in [2.24, 2.45) is 46.3 Å². The normalized spacial score (nSPS) is 48.5. The fourth-order valence-electron chi connectivity index (χ4n) is 9.03. The van der Waals surface area contributed by atoms with Gasteiger partial charge in [-0.05, 0) is 111 Å². The van der Waals surface area contributed by atoms with Crippen molar-refractivity contribution in [3.63, 3.8) is 0 Å². The standard InChI is InChI=1S/C24H42O6S/c1-15(5-4-12-25)18-6-7-19-22-20(9-11-24(18,19)3)23(2)10-8-17(30-31(27,28)29)13-16(23)14-21(22)26/h15-22,25-26H,4-14H2,1-3H3,(H,27,28,29)/t15-,16+,17-,18-,19+,20+,21+,22+,23+,24-/m1/s1. The zero-order valence-corrected chi connectivity index (χ0v) is 20.2. The van der Waals surface area contributed by atoms with E-state index in [9.17, 15) is 18.6 Å². The predicted molar refractivity (Wildman–Crippen MR) is 119 cm³/mol. The first-order valence-electron chi connectivity index (χ1n) is 12.4. The summed E-state index contributed by atoms with van der Waals surface area (Å²) in [5, 5.41) is 20.6. The van der Waals surface area contributed by atoms with Gasteiger partial charge in [0.25, 0.3) is 0 Å². The van der Waals surface area contributed by atoms with Crippen LogP contribution in [0.4, 0.5) is 0 Å². The average molecular weight is 459 g/mol. The van der Waals surface area contributed by atoms with E-state index in [0.29, 0.717) is 48.9 Å². The molecule has 0 unspecified atom stereocenters. The lowest BCUT2D eigenvalue weighted by Crippen LogP contribution is -2.58. The van der Waals surface area contributed by atoms with Crippen molar-refractivity contribution < 1.29 is 27.4 Å². The average Bonchev–Trinajstić information content (AvgIpc) is 3.03. The molecule has 0 saturated heterocycles. The van der Waals surface area contributed by atoms with E-state index in [4.69, 9.17) is 8.74 Å². The van der Waals surface area contributed by atoms with Gasteiger partial charge in [-0.1, -0.05) is 20.8 Å². The highest BCUT2D eigenvalue weighted by Crippen LogP contribution is 2.68. The summed E-state index contributed by atoms with van der Waals surface area (Å²) < 4.78 is 36.5. The van der Waals surface area contributed by atoms with Crippen LogP contribution < -0.4 is 0 Å². The summed E-state index contributed by atoms with van der Waals surface area (Å²) in [4.78, 5) is 0. The lowest BCUT2D eigenvalue weighted by molar-refractivity contribution is -0.172. The molecule has 0 bridgehead atoms. The molecule has 7 heteroatoms. The van der Waals surface area contributed by atoms with E-state index >= 15 is 0 Å². The van der Waals surface area contributed by atoms with Crippen molar-refractivity contribution in [1.29, 1.82) is 0 Å². The van der Waals surface area contributed by atoms with Crippen LogP contribution in [0.15, 0.2) is 0 Å². The van der Waals surface area contributed by atoms with Gasteiger partial charge < -0.3 is 10.2 Å². The van der Waals surface area contributed by atoms with Gasteiger partial charge in [0, 0.05) is 6.61 Å². The topological polar surface area (TPSA) is 104 Å². The molecule has 0 amide bonds. The Morgan fingerprint density at radius 1 is 1.03 bits per heavy atom. The molecule has 0 aromatic rings. The van der Waals surface area contributed by atoms with Crippen LogP contribution >= 0.6 is 0 Å². The molecule has 31 heavy (non-hydrogen) atoms. The van der Waals surface area contributed by atoms with Crippen LogP contribution in [0.5, 0.6) is 0 Å². The van der Waals surface area contributed by atoms with E-state index in [1.165, 1.54) is 19.3 Å². The van der Waals surface area contributed by atoms with Crippen LogP contribution in [0.3, 0.4) is 0 Å². The summed E-state index contributed by atoms with van der Waals surface area (Å²) in [5.41, 5.74) is 0.371. The van der Waals surface area contributed by atoms with E-state index < -0.39 is 16.5 Å². The summed E-state index contributed by atoms with van der Waals surface area (Å²) in [5.74, 6) is 2.85. The van der Waals surface area contributed by atoms with Gasteiger partial charge in [-0.2, -0.15) is 8.42 Å². The highest BCUT2D eigenvalue weighted by atomic mass is 32.3. The molecule has 180 valence electrons. The van der Waals surface area contributed by atoms with Crippen LogP contribution in [0.2, 0.25) is 0 Å². The Labute approximate surface area is 188 Å². The fraction of sp³-hybridized carbons (Fsp3) is 1.00. The minimum absolute atomic E-state index is 0.102. The monoisotopic (exact) mass is 458 g/mol. The smallest absolute Gasteiger partial charge is 0.396 e. The zero-order chi connectivity index (χ0) is 22.6. The number of fused-ring (bicyclic) bond motifs is 5. The molecule has 10 atom stereocenters. The van der Waals surface area contributed by atoms with Gasteiger partial charge in [0.15, 0.2) is 0 Å². The van der Waals surface area contributed by atoms with Crippen LogP contribution in [-0.4, -0.2) is 42.0 Å². The lowest BCUT2D eigenvalue weighted by Gasteiger charge is -2.62. The third kappa shape index (κ3) is 4.23. The van der Waals surface area contributed by atoms with Gasteiger partial charge in [0.1, 0.15) is 0 Å². The highest BCUT2D eigenvalue weighted by Gasteiger charge is 2.63. The van der Waals surface area contributed by atoms with Gasteiger partial charge in [-0.3, -0.25) is 4.55 Å². The molecule has 4 rings (SSSR count). The van der Waals surface area contributed by atoms with Crippen molar-refractivity contribution in [2.45, 2.75) is 97.2 Å². The molecule has 4 aliphatic rings. The molecule has 4 saturated carbocycles. The number of rotatable bonds is 6. The second kappa shape index (κ2) is 8.53. The Bertz CT molecular complexity index is 755. The third-order valence-corrected chi connectivity index (χ3v) is 11.0. The number of hydrogen-bond acceptors (Lipinski definition) is 5. The van der Waals surface area contributed by atoms with Crippen molar-refractivity contribution in [3.05, 3.63) is 0 Å². The van der Waals surface area contributed by atoms with Gasteiger partial charge in [0.05, 0.1) is 12.2 Å². The first-order chi connectivity index (χ1) is 14.5. The summed E-state index contributed by atoms with van der Waals surface area (Å²) >= 11 is 0. The zero-order valence-electron chi connectivity index (χ0n) is 19.4. The predicted octanol–water partition coefficient (Wildman–Crippen LogP) is 4.21. The van der Waals surface area contributed by atoms with E-state index in [2.05, 4.69) is 20.8 Å². The minimum Gasteiger partial charge on any atom is -0.396 e. The van der Waals surface area contributed by atoms with Gasteiger partial charge >= 0.3 is 10.4 Å². The Kier molecular flexibility index (Phi) is 6.59. The Morgan fingerprint density at radius 3 is 2.39 bits per heavy atom. The molecule has 0 radical (unpaired) electrons.